The second-order valence-electron chi connectivity index (χ2n) is 5.12. The first-order chi connectivity index (χ1) is 9.65. The van der Waals surface area contributed by atoms with E-state index in [4.69, 9.17) is 5.73 Å². The largest absolute Gasteiger partial charge is 0.384 e. The van der Waals surface area contributed by atoms with Crippen LogP contribution in [0.2, 0.25) is 0 Å². The van der Waals surface area contributed by atoms with Crippen LogP contribution in [-0.2, 0) is 4.79 Å². The van der Waals surface area contributed by atoms with Gasteiger partial charge in [-0.3, -0.25) is 9.89 Å². The maximum absolute atomic E-state index is 11.4. The Bertz CT molecular complexity index is 636. The van der Waals surface area contributed by atoms with Gasteiger partial charge in [0.05, 0.1) is 6.20 Å². The number of pyridine rings is 1. The molecule has 3 rings (SSSR count). The quantitative estimate of drug-likeness (QED) is 0.864. The maximum atomic E-state index is 11.4. The number of carbonyl (C=O) groups excluding carboxylic acids is 1. The van der Waals surface area contributed by atoms with Gasteiger partial charge in [-0.25, -0.2) is 4.98 Å². The van der Waals surface area contributed by atoms with Gasteiger partial charge < -0.3 is 10.6 Å². The van der Waals surface area contributed by atoms with Gasteiger partial charge >= 0.3 is 0 Å². The number of aromatic nitrogens is 3. The molecule has 3 heterocycles. The molecule has 0 radical (unpaired) electrons. The highest BCUT2D eigenvalue weighted by Gasteiger charge is 2.28. The zero-order chi connectivity index (χ0) is 14.1. The zero-order valence-corrected chi connectivity index (χ0v) is 11.3. The van der Waals surface area contributed by atoms with Crippen LogP contribution in [0.1, 0.15) is 25.0 Å². The van der Waals surface area contributed by atoms with E-state index in [1.165, 1.54) is 0 Å². The lowest BCUT2D eigenvalue weighted by Crippen LogP contribution is -2.25. The Balaban J connectivity index is 1.90. The number of nitrogens with two attached hydrogens (primary N) is 1. The molecule has 0 aliphatic carbocycles. The summed E-state index contributed by atoms with van der Waals surface area (Å²) in [6.07, 6.45) is 4.45. The molecule has 0 saturated carbocycles. The topological polar surface area (TPSA) is 87.9 Å². The van der Waals surface area contributed by atoms with Crippen molar-refractivity contribution in [3.8, 4) is 11.1 Å². The van der Waals surface area contributed by atoms with Crippen molar-refractivity contribution >= 4 is 11.7 Å². The van der Waals surface area contributed by atoms with Crippen LogP contribution in [0.25, 0.3) is 11.1 Å². The number of nitrogens with one attached hydrogen (secondary N) is 1. The number of carbonyl (C=O) groups is 1. The van der Waals surface area contributed by atoms with E-state index in [1.807, 2.05) is 17.0 Å². The molecule has 20 heavy (non-hydrogen) atoms. The molecule has 0 bridgehead atoms. The number of hydrogen-bond acceptors (Lipinski definition) is 4. The summed E-state index contributed by atoms with van der Waals surface area (Å²) in [5, 5.41) is 7.23. The Labute approximate surface area is 117 Å². The van der Waals surface area contributed by atoms with Crippen LogP contribution >= 0.6 is 0 Å². The molecule has 6 nitrogen and oxygen atoms in total. The highest BCUT2D eigenvalue weighted by Crippen LogP contribution is 2.33. The Morgan fingerprint density at radius 1 is 1.55 bits per heavy atom. The Kier molecular flexibility index (Phi) is 3.14. The van der Waals surface area contributed by atoms with Gasteiger partial charge in [0.1, 0.15) is 5.82 Å². The molecule has 0 aromatic carbocycles. The van der Waals surface area contributed by atoms with Crippen LogP contribution < -0.4 is 5.73 Å². The Morgan fingerprint density at radius 3 is 3.10 bits per heavy atom. The summed E-state index contributed by atoms with van der Waals surface area (Å²) in [4.78, 5) is 17.3. The smallest absolute Gasteiger partial charge is 0.219 e. The van der Waals surface area contributed by atoms with Crippen LogP contribution in [0.3, 0.4) is 0 Å². The Hall–Kier alpha value is -2.37. The van der Waals surface area contributed by atoms with Crippen molar-refractivity contribution < 1.29 is 4.79 Å². The van der Waals surface area contributed by atoms with Crippen molar-refractivity contribution in [1.29, 1.82) is 0 Å². The number of likely N-dealkylation sites (tertiary alicyclic amines) is 1. The minimum atomic E-state index is 0.127. The molecule has 0 spiro atoms. The predicted molar refractivity (Wildman–Crippen MR) is 75.8 cm³/mol. The number of amides is 1. The fourth-order valence-electron chi connectivity index (χ4n) is 2.74. The average Bonchev–Trinajstić information content (AvgIpc) is 3.07. The SMILES string of the molecule is CC(=O)N1CC[C@@H](c2[nH]ncc2-c2ccnc(N)c2)C1. The molecule has 3 N–H and O–H groups in total. The summed E-state index contributed by atoms with van der Waals surface area (Å²) in [5.74, 6) is 0.916. The molecule has 2 aromatic heterocycles. The van der Waals surface area contributed by atoms with Crippen LogP contribution in [-0.4, -0.2) is 39.1 Å². The summed E-state index contributed by atoms with van der Waals surface area (Å²) < 4.78 is 0. The second kappa shape index (κ2) is 4.96. The zero-order valence-electron chi connectivity index (χ0n) is 11.3. The highest BCUT2D eigenvalue weighted by atomic mass is 16.2. The number of rotatable bonds is 2. The van der Waals surface area contributed by atoms with Crippen molar-refractivity contribution in [3.05, 3.63) is 30.2 Å². The lowest BCUT2D eigenvalue weighted by Gasteiger charge is -2.14. The summed E-state index contributed by atoms with van der Waals surface area (Å²) in [6, 6.07) is 3.76. The van der Waals surface area contributed by atoms with Gasteiger partial charge in [-0.2, -0.15) is 5.10 Å². The average molecular weight is 271 g/mol. The van der Waals surface area contributed by atoms with Crippen molar-refractivity contribution in [2.24, 2.45) is 0 Å². The van der Waals surface area contributed by atoms with Crippen molar-refractivity contribution in [2.45, 2.75) is 19.3 Å². The van der Waals surface area contributed by atoms with Gasteiger partial charge in [0.25, 0.3) is 0 Å². The first-order valence-corrected chi connectivity index (χ1v) is 6.66. The summed E-state index contributed by atoms with van der Waals surface area (Å²) in [7, 11) is 0. The molecule has 1 fully saturated rings. The molecule has 1 amide bonds. The summed E-state index contributed by atoms with van der Waals surface area (Å²) in [6.45, 7) is 3.15. The van der Waals surface area contributed by atoms with Crippen molar-refractivity contribution in [3.63, 3.8) is 0 Å². The number of H-pyrrole nitrogens is 1. The van der Waals surface area contributed by atoms with Crippen LogP contribution in [0.15, 0.2) is 24.5 Å². The second-order valence-corrected chi connectivity index (χ2v) is 5.12. The van der Waals surface area contributed by atoms with Gasteiger partial charge in [0.15, 0.2) is 0 Å². The first-order valence-electron chi connectivity index (χ1n) is 6.66. The molecule has 1 atom stereocenters. The lowest BCUT2D eigenvalue weighted by molar-refractivity contribution is -0.127. The number of aromatic amines is 1. The molecule has 6 heteroatoms. The molecule has 1 aliphatic heterocycles. The number of nitrogens with zero attached hydrogens (tertiary/aromatic N) is 3. The minimum absolute atomic E-state index is 0.127. The number of hydrogen-bond donors (Lipinski definition) is 2. The maximum Gasteiger partial charge on any atom is 0.219 e. The third-order valence-corrected chi connectivity index (χ3v) is 3.80. The summed E-state index contributed by atoms with van der Waals surface area (Å²) in [5.41, 5.74) is 8.84. The van der Waals surface area contributed by atoms with Gasteiger partial charge in [-0.05, 0) is 24.1 Å². The molecule has 2 aromatic rings. The molecule has 104 valence electrons. The molecule has 0 unspecified atom stereocenters. The van der Waals surface area contributed by atoms with E-state index in [0.717, 1.165) is 36.3 Å². The molecule has 1 aliphatic rings. The normalized spacial score (nSPS) is 18.4. The number of nitrogen functional groups attached to an aromatic ring is 1. The van der Waals surface area contributed by atoms with Gasteiger partial charge in [-0.15, -0.1) is 0 Å². The minimum Gasteiger partial charge on any atom is -0.384 e. The van der Waals surface area contributed by atoms with Crippen LogP contribution in [0.5, 0.6) is 0 Å². The van der Waals surface area contributed by atoms with E-state index in [2.05, 4.69) is 15.2 Å². The van der Waals surface area contributed by atoms with E-state index in [0.29, 0.717) is 11.7 Å². The fraction of sp³-hybridized carbons (Fsp3) is 0.357. The van der Waals surface area contributed by atoms with Crippen LogP contribution in [0.4, 0.5) is 5.82 Å². The van der Waals surface area contributed by atoms with E-state index >= 15 is 0 Å². The Morgan fingerprint density at radius 2 is 2.40 bits per heavy atom. The van der Waals surface area contributed by atoms with Crippen LogP contribution in [0, 0.1) is 0 Å². The predicted octanol–water partition coefficient (Wildman–Crippen LogP) is 1.39. The first kappa shape index (κ1) is 12.7. The molecular formula is C14H17N5O. The van der Waals surface area contributed by atoms with E-state index < -0.39 is 0 Å². The van der Waals surface area contributed by atoms with Gasteiger partial charge in [0, 0.05) is 43.4 Å². The highest BCUT2D eigenvalue weighted by molar-refractivity contribution is 5.74. The number of anilines is 1. The van der Waals surface area contributed by atoms with E-state index in [1.54, 1.807) is 19.3 Å². The fourth-order valence-corrected chi connectivity index (χ4v) is 2.74. The summed E-state index contributed by atoms with van der Waals surface area (Å²) >= 11 is 0. The van der Waals surface area contributed by atoms with Gasteiger partial charge in [-0.1, -0.05) is 0 Å². The van der Waals surface area contributed by atoms with Crippen molar-refractivity contribution in [2.75, 3.05) is 18.8 Å². The van der Waals surface area contributed by atoms with Gasteiger partial charge in [0.2, 0.25) is 5.91 Å². The molecule has 1 saturated heterocycles. The molecular weight excluding hydrogens is 254 g/mol. The monoisotopic (exact) mass is 271 g/mol. The van der Waals surface area contributed by atoms with E-state index in [-0.39, 0.29) is 5.91 Å². The van der Waals surface area contributed by atoms with E-state index in [9.17, 15) is 4.79 Å². The van der Waals surface area contributed by atoms with Crippen molar-refractivity contribution in [1.82, 2.24) is 20.1 Å². The third kappa shape index (κ3) is 2.24. The lowest BCUT2D eigenvalue weighted by atomic mass is 9.97. The standard InChI is InChI=1S/C14H17N5O/c1-9(20)19-5-3-11(8-19)14-12(7-17-18-14)10-2-4-16-13(15)6-10/h2,4,6-7,11H,3,5,8H2,1H3,(H2,15,16)(H,17,18)/t11-/m1/s1. The third-order valence-electron chi connectivity index (χ3n) is 3.80.